The molecule has 1 aliphatic rings. The Morgan fingerprint density at radius 2 is 1.84 bits per heavy atom. The SMILES string of the molecule is C=CCOC(=O)c1c(C)nc(C)nc1C(=O)N1CCN(C(=O)CCC(=O)OCC)C(C)C1. The van der Waals surface area contributed by atoms with Crippen molar-refractivity contribution in [1.82, 2.24) is 19.8 Å². The summed E-state index contributed by atoms with van der Waals surface area (Å²) in [5, 5.41) is 0. The third-order valence-electron chi connectivity index (χ3n) is 5.02. The predicted molar refractivity (Wildman–Crippen MR) is 115 cm³/mol. The van der Waals surface area contributed by atoms with Crippen molar-refractivity contribution in [3.63, 3.8) is 0 Å². The van der Waals surface area contributed by atoms with Gasteiger partial charge in [-0.2, -0.15) is 0 Å². The van der Waals surface area contributed by atoms with Crippen LogP contribution < -0.4 is 0 Å². The van der Waals surface area contributed by atoms with Gasteiger partial charge in [0.1, 0.15) is 23.7 Å². The van der Waals surface area contributed by atoms with Gasteiger partial charge in [-0.15, -0.1) is 0 Å². The van der Waals surface area contributed by atoms with Crippen LogP contribution in [-0.4, -0.2) is 82.4 Å². The Morgan fingerprint density at radius 1 is 1.12 bits per heavy atom. The molecule has 0 spiro atoms. The van der Waals surface area contributed by atoms with Crippen LogP contribution in [0, 0.1) is 13.8 Å². The Balaban J connectivity index is 2.12. The lowest BCUT2D eigenvalue weighted by atomic mass is 10.1. The molecule has 2 rings (SSSR count). The molecule has 1 aromatic heterocycles. The van der Waals surface area contributed by atoms with Crippen LogP contribution in [0.4, 0.5) is 0 Å². The van der Waals surface area contributed by atoms with Crippen LogP contribution in [0.1, 0.15) is 59.1 Å². The molecular weight excluding hydrogens is 416 g/mol. The van der Waals surface area contributed by atoms with Gasteiger partial charge in [-0.3, -0.25) is 14.4 Å². The molecule has 0 saturated carbocycles. The predicted octanol–water partition coefficient (Wildman–Crippen LogP) is 1.45. The maximum absolute atomic E-state index is 13.3. The van der Waals surface area contributed by atoms with E-state index in [1.807, 2.05) is 6.92 Å². The molecule has 2 heterocycles. The van der Waals surface area contributed by atoms with E-state index in [0.29, 0.717) is 18.1 Å². The molecule has 174 valence electrons. The van der Waals surface area contributed by atoms with Crippen LogP contribution >= 0.6 is 0 Å². The zero-order valence-electron chi connectivity index (χ0n) is 19.0. The van der Waals surface area contributed by atoms with E-state index in [4.69, 9.17) is 9.47 Å². The Labute approximate surface area is 187 Å². The molecule has 2 amide bonds. The first-order valence-corrected chi connectivity index (χ1v) is 10.6. The van der Waals surface area contributed by atoms with Crippen molar-refractivity contribution in [3.05, 3.63) is 35.4 Å². The minimum absolute atomic E-state index is 0.00337. The monoisotopic (exact) mass is 446 g/mol. The highest BCUT2D eigenvalue weighted by Gasteiger charge is 2.33. The average molecular weight is 447 g/mol. The Morgan fingerprint density at radius 3 is 2.47 bits per heavy atom. The molecule has 1 fully saturated rings. The van der Waals surface area contributed by atoms with Crippen LogP contribution in [0.5, 0.6) is 0 Å². The summed E-state index contributed by atoms with van der Waals surface area (Å²) in [7, 11) is 0. The molecule has 1 unspecified atom stereocenters. The lowest BCUT2D eigenvalue weighted by Gasteiger charge is -2.40. The molecule has 1 saturated heterocycles. The second-order valence-electron chi connectivity index (χ2n) is 7.46. The van der Waals surface area contributed by atoms with E-state index < -0.39 is 17.8 Å². The number of hydrogen-bond acceptors (Lipinski definition) is 8. The third-order valence-corrected chi connectivity index (χ3v) is 5.02. The first kappa shape index (κ1) is 25.0. The highest BCUT2D eigenvalue weighted by Crippen LogP contribution is 2.19. The molecule has 1 atom stereocenters. The quantitative estimate of drug-likeness (QED) is 0.435. The summed E-state index contributed by atoms with van der Waals surface area (Å²) in [6.07, 6.45) is 1.51. The van der Waals surface area contributed by atoms with Gasteiger partial charge in [-0.25, -0.2) is 14.8 Å². The Hall–Kier alpha value is -3.30. The molecule has 1 aromatic rings. The molecule has 1 aliphatic heterocycles. The highest BCUT2D eigenvalue weighted by molar-refractivity contribution is 6.04. The summed E-state index contributed by atoms with van der Waals surface area (Å²) in [6, 6.07) is -0.261. The lowest BCUT2D eigenvalue weighted by molar-refractivity contribution is -0.146. The topological polar surface area (TPSA) is 119 Å². The number of carbonyl (C=O) groups is 4. The number of carbonyl (C=O) groups excluding carboxylic acids is 4. The standard InChI is InChI=1S/C22H30N4O6/c1-6-12-32-22(30)19-15(4)23-16(5)24-20(19)21(29)25-10-11-26(14(3)13-25)17(27)8-9-18(28)31-7-2/h6,14H,1,7-13H2,2-5H3. The first-order chi connectivity index (χ1) is 15.2. The van der Waals surface area contributed by atoms with Crippen LogP contribution in [-0.2, 0) is 19.1 Å². The highest BCUT2D eigenvalue weighted by atomic mass is 16.5. The van der Waals surface area contributed by atoms with Gasteiger partial charge in [-0.1, -0.05) is 12.7 Å². The van der Waals surface area contributed by atoms with Crippen molar-refractivity contribution >= 4 is 23.8 Å². The smallest absolute Gasteiger partial charge is 0.342 e. The zero-order valence-corrected chi connectivity index (χ0v) is 19.0. The number of rotatable bonds is 8. The van der Waals surface area contributed by atoms with Crippen molar-refractivity contribution in [3.8, 4) is 0 Å². The molecule has 32 heavy (non-hydrogen) atoms. The molecular formula is C22H30N4O6. The Bertz CT molecular complexity index is 901. The third kappa shape index (κ3) is 6.12. The van der Waals surface area contributed by atoms with Crippen LogP contribution in [0.2, 0.25) is 0 Å². The first-order valence-electron chi connectivity index (χ1n) is 10.6. The van der Waals surface area contributed by atoms with Gasteiger partial charge in [-0.05, 0) is 27.7 Å². The fraction of sp³-hybridized carbons (Fsp3) is 0.545. The van der Waals surface area contributed by atoms with Gasteiger partial charge in [0.2, 0.25) is 5.91 Å². The van der Waals surface area contributed by atoms with Gasteiger partial charge in [0.05, 0.1) is 18.7 Å². The Kier molecular flexibility index (Phi) is 8.86. The van der Waals surface area contributed by atoms with Gasteiger partial charge >= 0.3 is 11.9 Å². The summed E-state index contributed by atoms with van der Waals surface area (Å²) in [4.78, 5) is 61.4. The van der Waals surface area contributed by atoms with Gasteiger partial charge < -0.3 is 19.3 Å². The molecule has 0 radical (unpaired) electrons. The van der Waals surface area contributed by atoms with Gasteiger partial charge in [0.25, 0.3) is 5.91 Å². The summed E-state index contributed by atoms with van der Waals surface area (Å²) < 4.78 is 9.97. The van der Waals surface area contributed by atoms with Crippen molar-refractivity contribution < 1.29 is 28.7 Å². The van der Waals surface area contributed by atoms with Gasteiger partial charge in [0.15, 0.2) is 0 Å². The molecule has 0 N–H and O–H groups in total. The molecule has 0 bridgehead atoms. The number of ether oxygens (including phenoxy) is 2. The number of esters is 2. The number of aryl methyl sites for hydroxylation is 2. The minimum atomic E-state index is -0.688. The summed E-state index contributed by atoms with van der Waals surface area (Å²) in [5.74, 6) is -1.32. The van der Waals surface area contributed by atoms with E-state index in [-0.39, 0.29) is 62.4 Å². The zero-order chi connectivity index (χ0) is 23.8. The number of aromatic nitrogens is 2. The average Bonchev–Trinajstić information content (AvgIpc) is 2.74. The van der Waals surface area contributed by atoms with E-state index >= 15 is 0 Å². The fourth-order valence-corrected chi connectivity index (χ4v) is 3.57. The number of nitrogens with zero attached hydrogens (tertiary/aromatic N) is 4. The van der Waals surface area contributed by atoms with E-state index in [0.717, 1.165) is 0 Å². The molecule has 0 aromatic carbocycles. The van der Waals surface area contributed by atoms with Crippen molar-refractivity contribution in [1.29, 1.82) is 0 Å². The van der Waals surface area contributed by atoms with Crippen LogP contribution in [0.15, 0.2) is 12.7 Å². The van der Waals surface area contributed by atoms with E-state index in [2.05, 4.69) is 16.5 Å². The maximum atomic E-state index is 13.3. The number of piperazine rings is 1. The largest absolute Gasteiger partial charge is 0.466 e. The van der Waals surface area contributed by atoms with Gasteiger partial charge in [0, 0.05) is 32.1 Å². The minimum Gasteiger partial charge on any atom is -0.466 e. The second kappa shape index (κ2) is 11.4. The lowest BCUT2D eigenvalue weighted by Crippen LogP contribution is -2.55. The molecule has 10 nitrogen and oxygen atoms in total. The van der Waals surface area contributed by atoms with E-state index in [9.17, 15) is 19.2 Å². The fourth-order valence-electron chi connectivity index (χ4n) is 3.57. The van der Waals surface area contributed by atoms with Crippen molar-refractivity contribution in [2.75, 3.05) is 32.8 Å². The second-order valence-corrected chi connectivity index (χ2v) is 7.46. The maximum Gasteiger partial charge on any atom is 0.342 e. The number of hydrogen-bond donors (Lipinski definition) is 0. The normalized spacial score (nSPS) is 15.8. The van der Waals surface area contributed by atoms with Crippen molar-refractivity contribution in [2.45, 2.75) is 46.6 Å². The summed E-state index contributed by atoms with van der Waals surface area (Å²) >= 11 is 0. The van der Waals surface area contributed by atoms with Crippen LogP contribution in [0.3, 0.4) is 0 Å². The summed E-state index contributed by atoms with van der Waals surface area (Å²) in [6.45, 7) is 11.5. The van der Waals surface area contributed by atoms with E-state index in [1.54, 1.807) is 30.6 Å². The number of amides is 2. The van der Waals surface area contributed by atoms with E-state index in [1.165, 1.54) is 6.08 Å². The molecule has 10 heteroatoms. The molecule has 0 aliphatic carbocycles. The summed E-state index contributed by atoms with van der Waals surface area (Å²) in [5.41, 5.74) is 0.372. The van der Waals surface area contributed by atoms with Crippen molar-refractivity contribution in [2.24, 2.45) is 0 Å². The van der Waals surface area contributed by atoms with Crippen LogP contribution in [0.25, 0.3) is 0 Å².